The molecule has 136 valence electrons. The number of carboxylic acids is 1. The van der Waals surface area contributed by atoms with E-state index in [1.54, 1.807) is 15.8 Å². The van der Waals surface area contributed by atoms with Crippen molar-refractivity contribution in [1.29, 1.82) is 0 Å². The number of amides is 2. The van der Waals surface area contributed by atoms with Crippen LogP contribution >= 0.6 is 0 Å². The quantitative estimate of drug-likeness (QED) is 0.887. The summed E-state index contributed by atoms with van der Waals surface area (Å²) >= 11 is 0. The Morgan fingerprint density at radius 3 is 2.81 bits per heavy atom. The average molecular weight is 354 g/mol. The van der Waals surface area contributed by atoms with Crippen LogP contribution in [0, 0.1) is 18.3 Å². The Kier molecular flexibility index (Phi) is 3.94. The summed E-state index contributed by atoms with van der Waals surface area (Å²) < 4.78 is 1.77. The highest BCUT2D eigenvalue weighted by molar-refractivity contribution is 5.92. The molecule has 1 saturated heterocycles. The van der Waals surface area contributed by atoms with E-state index in [0.717, 1.165) is 24.2 Å². The van der Waals surface area contributed by atoms with Gasteiger partial charge in [0.15, 0.2) is 0 Å². The number of aliphatic carboxylic acids is 1. The first-order chi connectivity index (χ1) is 12.5. The average Bonchev–Trinajstić information content (AvgIpc) is 3.29. The van der Waals surface area contributed by atoms with Crippen molar-refractivity contribution in [2.24, 2.45) is 11.3 Å². The predicted octanol–water partition coefficient (Wildman–Crippen LogP) is 2.90. The molecule has 0 bridgehead atoms. The maximum atomic E-state index is 12.8. The Balaban J connectivity index is 1.55. The van der Waals surface area contributed by atoms with Crippen LogP contribution in [0.15, 0.2) is 36.5 Å². The highest BCUT2D eigenvalue weighted by Crippen LogP contribution is 2.49. The number of fused-ring (bicyclic) bond motifs is 1. The Morgan fingerprint density at radius 2 is 2.12 bits per heavy atom. The van der Waals surface area contributed by atoms with E-state index >= 15 is 0 Å². The van der Waals surface area contributed by atoms with Crippen molar-refractivity contribution in [2.75, 3.05) is 18.4 Å². The number of aryl methyl sites for hydroxylation is 1. The molecule has 2 aromatic rings. The molecule has 4 rings (SSSR count). The molecular formula is C19H22N4O3. The van der Waals surface area contributed by atoms with Crippen LogP contribution in [0.3, 0.4) is 0 Å². The monoisotopic (exact) mass is 354 g/mol. The van der Waals surface area contributed by atoms with Gasteiger partial charge in [0.25, 0.3) is 0 Å². The van der Waals surface area contributed by atoms with Crippen LogP contribution in [0.25, 0.3) is 5.69 Å². The third-order valence-electron chi connectivity index (χ3n) is 5.79. The van der Waals surface area contributed by atoms with Gasteiger partial charge in [-0.1, -0.05) is 18.6 Å². The Hall–Kier alpha value is -2.83. The Bertz CT molecular complexity index is 862. The first-order valence-electron chi connectivity index (χ1n) is 8.90. The van der Waals surface area contributed by atoms with Crippen LogP contribution < -0.4 is 5.32 Å². The molecule has 1 aliphatic carbocycles. The number of hydrogen-bond donors (Lipinski definition) is 2. The lowest BCUT2D eigenvalue weighted by molar-refractivity contribution is -0.149. The van der Waals surface area contributed by atoms with Gasteiger partial charge in [-0.05, 0) is 43.9 Å². The topological polar surface area (TPSA) is 87.5 Å². The van der Waals surface area contributed by atoms with Crippen molar-refractivity contribution in [3.8, 4) is 5.69 Å². The van der Waals surface area contributed by atoms with Crippen molar-refractivity contribution in [3.05, 3.63) is 42.2 Å². The molecule has 1 saturated carbocycles. The van der Waals surface area contributed by atoms with E-state index in [1.807, 2.05) is 37.3 Å². The van der Waals surface area contributed by atoms with E-state index in [-0.39, 0.29) is 18.5 Å². The summed E-state index contributed by atoms with van der Waals surface area (Å²) in [5.41, 5.74) is 1.64. The number of carbonyl (C=O) groups excluding carboxylic acids is 1. The maximum Gasteiger partial charge on any atom is 0.321 e. The van der Waals surface area contributed by atoms with Crippen molar-refractivity contribution in [3.63, 3.8) is 0 Å². The number of para-hydroxylation sites is 2. The highest BCUT2D eigenvalue weighted by Gasteiger charge is 2.55. The minimum absolute atomic E-state index is 0.0503. The first kappa shape index (κ1) is 16.6. The van der Waals surface area contributed by atoms with Gasteiger partial charge in [0.2, 0.25) is 0 Å². The summed E-state index contributed by atoms with van der Waals surface area (Å²) in [4.78, 5) is 26.3. The van der Waals surface area contributed by atoms with Gasteiger partial charge in [0.1, 0.15) is 0 Å². The van der Waals surface area contributed by atoms with Crippen LogP contribution in [-0.4, -0.2) is 44.9 Å². The lowest BCUT2D eigenvalue weighted by Gasteiger charge is -2.23. The molecule has 7 nitrogen and oxygen atoms in total. The van der Waals surface area contributed by atoms with Gasteiger partial charge in [-0.25, -0.2) is 9.48 Å². The number of aromatic nitrogens is 2. The molecule has 1 aromatic carbocycles. The van der Waals surface area contributed by atoms with E-state index in [1.165, 1.54) is 0 Å². The van der Waals surface area contributed by atoms with Crippen molar-refractivity contribution >= 4 is 17.7 Å². The molecule has 2 aliphatic rings. The van der Waals surface area contributed by atoms with Gasteiger partial charge in [-0.15, -0.1) is 0 Å². The van der Waals surface area contributed by atoms with Crippen molar-refractivity contribution in [2.45, 2.75) is 26.2 Å². The number of benzene rings is 1. The standard InChI is InChI=1S/C19H22N4O3/c1-13-8-10-20-23(13)16-7-3-2-6-15(16)21-18(26)22-11-14-5-4-9-19(14,12-22)17(24)25/h2-3,6-8,10,14H,4-5,9,11-12H2,1H3,(H,21,26)(H,24,25)/t14-,19+/m0/s1. The second kappa shape index (κ2) is 6.16. The molecule has 1 aliphatic heterocycles. The summed E-state index contributed by atoms with van der Waals surface area (Å²) in [6.45, 7) is 2.73. The summed E-state index contributed by atoms with van der Waals surface area (Å²) in [5, 5.41) is 16.9. The number of rotatable bonds is 3. The second-order valence-corrected chi connectivity index (χ2v) is 7.26. The summed E-state index contributed by atoms with van der Waals surface area (Å²) in [7, 11) is 0. The van der Waals surface area contributed by atoms with Gasteiger partial charge in [-0.2, -0.15) is 5.10 Å². The number of hydrogen-bond acceptors (Lipinski definition) is 3. The SMILES string of the molecule is Cc1ccnn1-c1ccccc1NC(=O)N1C[C@@H]2CCC[C@@]2(C(=O)O)C1. The van der Waals surface area contributed by atoms with Gasteiger partial charge in [-0.3, -0.25) is 4.79 Å². The number of nitrogens with zero attached hydrogens (tertiary/aromatic N) is 3. The van der Waals surface area contributed by atoms with Gasteiger partial charge >= 0.3 is 12.0 Å². The zero-order chi connectivity index (χ0) is 18.3. The smallest absolute Gasteiger partial charge is 0.321 e. The highest BCUT2D eigenvalue weighted by atomic mass is 16.4. The van der Waals surface area contributed by atoms with Gasteiger partial charge in [0.05, 0.1) is 16.8 Å². The summed E-state index contributed by atoms with van der Waals surface area (Å²) in [6.07, 6.45) is 4.17. The molecular weight excluding hydrogens is 332 g/mol. The number of carboxylic acid groups (broad SMARTS) is 1. The number of likely N-dealkylation sites (tertiary alicyclic amines) is 1. The molecule has 2 atom stereocenters. The third-order valence-corrected chi connectivity index (χ3v) is 5.79. The third kappa shape index (κ3) is 2.55. The maximum absolute atomic E-state index is 12.8. The first-order valence-corrected chi connectivity index (χ1v) is 8.90. The number of anilines is 1. The van der Waals surface area contributed by atoms with E-state index in [2.05, 4.69) is 10.4 Å². The molecule has 7 heteroatoms. The normalized spacial score (nSPS) is 24.5. The molecule has 0 spiro atoms. The van der Waals surface area contributed by atoms with Gasteiger partial charge < -0.3 is 15.3 Å². The number of nitrogens with one attached hydrogen (secondary N) is 1. The molecule has 1 aromatic heterocycles. The molecule has 26 heavy (non-hydrogen) atoms. The lowest BCUT2D eigenvalue weighted by atomic mass is 9.81. The van der Waals surface area contributed by atoms with E-state index < -0.39 is 11.4 Å². The molecule has 0 radical (unpaired) electrons. The molecule has 2 heterocycles. The zero-order valence-corrected chi connectivity index (χ0v) is 14.7. The minimum Gasteiger partial charge on any atom is -0.481 e. The van der Waals surface area contributed by atoms with Crippen molar-refractivity contribution in [1.82, 2.24) is 14.7 Å². The number of urea groups is 1. The number of carbonyl (C=O) groups is 2. The van der Waals surface area contributed by atoms with Crippen LogP contribution in [0.2, 0.25) is 0 Å². The Labute approximate surface area is 151 Å². The van der Waals surface area contributed by atoms with Crippen LogP contribution in [0.4, 0.5) is 10.5 Å². The zero-order valence-electron chi connectivity index (χ0n) is 14.7. The molecule has 2 amide bonds. The van der Waals surface area contributed by atoms with Crippen LogP contribution in [0.1, 0.15) is 25.0 Å². The fraction of sp³-hybridized carbons (Fsp3) is 0.421. The minimum atomic E-state index is -0.775. The molecule has 2 N–H and O–H groups in total. The predicted molar refractivity (Wildman–Crippen MR) is 96.3 cm³/mol. The van der Waals surface area contributed by atoms with Gasteiger partial charge in [0, 0.05) is 25.0 Å². The van der Waals surface area contributed by atoms with Crippen LogP contribution in [-0.2, 0) is 4.79 Å². The molecule has 0 unspecified atom stereocenters. The van der Waals surface area contributed by atoms with Crippen molar-refractivity contribution < 1.29 is 14.7 Å². The molecule has 2 fully saturated rings. The van der Waals surface area contributed by atoms with E-state index in [9.17, 15) is 14.7 Å². The second-order valence-electron chi connectivity index (χ2n) is 7.26. The van der Waals surface area contributed by atoms with Crippen LogP contribution in [0.5, 0.6) is 0 Å². The van der Waals surface area contributed by atoms with E-state index in [4.69, 9.17) is 0 Å². The largest absolute Gasteiger partial charge is 0.481 e. The summed E-state index contributed by atoms with van der Waals surface area (Å²) in [6, 6.07) is 9.13. The van der Waals surface area contributed by atoms with E-state index in [0.29, 0.717) is 18.7 Å². The summed E-state index contributed by atoms with van der Waals surface area (Å²) in [5.74, 6) is -0.725. The Morgan fingerprint density at radius 1 is 1.31 bits per heavy atom. The lowest BCUT2D eigenvalue weighted by Crippen LogP contribution is -2.38. The fourth-order valence-corrected chi connectivity index (χ4v) is 4.37. The fourth-order valence-electron chi connectivity index (χ4n) is 4.37.